The van der Waals surface area contributed by atoms with Gasteiger partial charge < -0.3 is 19.5 Å². The van der Waals surface area contributed by atoms with Gasteiger partial charge in [0.05, 0.1) is 18.2 Å². The lowest BCUT2D eigenvalue weighted by atomic mass is 9.77. The Morgan fingerprint density at radius 2 is 1.91 bits per heavy atom. The zero-order chi connectivity index (χ0) is 22.8. The highest BCUT2D eigenvalue weighted by molar-refractivity contribution is 5.44. The van der Waals surface area contributed by atoms with Crippen molar-refractivity contribution in [2.24, 2.45) is 0 Å². The summed E-state index contributed by atoms with van der Waals surface area (Å²) in [7, 11) is 0. The number of hydrogen-bond acceptors (Lipinski definition) is 4. The molecule has 2 aromatic rings. The van der Waals surface area contributed by atoms with Gasteiger partial charge in [0, 0.05) is 11.5 Å². The van der Waals surface area contributed by atoms with E-state index in [9.17, 15) is 22.0 Å². The second-order valence-electron chi connectivity index (χ2n) is 8.16. The molecule has 0 amide bonds. The maximum absolute atomic E-state index is 12.7. The van der Waals surface area contributed by atoms with Crippen LogP contribution in [-0.2, 0) is 4.74 Å². The Bertz CT molecular complexity index is 908. The van der Waals surface area contributed by atoms with E-state index in [1.165, 1.54) is 18.2 Å². The highest BCUT2D eigenvalue weighted by atomic mass is 19.4. The van der Waals surface area contributed by atoms with Crippen LogP contribution in [0.4, 0.5) is 22.0 Å². The van der Waals surface area contributed by atoms with Gasteiger partial charge in [-0.15, -0.1) is 0 Å². The third kappa shape index (κ3) is 5.15. The Balaban J connectivity index is 1.62. The molecule has 0 unspecified atom stereocenters. The van der Waals surface area contributed by atoms with Gasteiger partial charge in [-0.3, -0.25) is 0 Å². The minimum Gasteiger partial charge on any atom is -0.484 e. The van der Waals surface area contributed by atoms with Crippen molar-refractivity contribution in [1.82, 2.24) is 5.32 Å². The van der Waals surface area contributed by atoms with Crippen LogP contribution >= 0.6 is 0 Å². The third-order valence-corrected chi connectivity index (χ3v) is 5.99. The smallest absolute Gasteiger partial charge is 0.422 e. The van der Waals surface area contributed by atoms with E-state index < -0.39 is 25.0 Å². The SMILES string of the molecule is FC(F)Oc1ccc(OCC(F)(F)F)c([C@@H]2CO[C@]3(CCCN[C@H]3c3ccccc3)C2)c1. The Morgan fingerprint density at radius 3 is 2.62 bits per heavy atom. The molecule has 2 fully saturated rings. The monoisotopic (exact) mass is 457 g/mol. The molecule has 2 saturated heterocycles. The summed E-state index contributed by atoms with van der Waals surface area (Å²) < 4.78 is 79.5. The number of halogens is 5. The second-order valence-corrected chi connectivity index (χ2v) is 8.16. The molecule has 1 spiro atoms. The van der Waals surface area contributed by atoms with Crippen molar-refractivity contribution in [2.75, 3.05) is 19.8 Å². The lowest BCUT2D eigenvalue weighted by Gasteiger charge is -2.41. The van der Waals surface area contributed by atoms with E-state index in [1.54, 1.807) is 0 Å². The molecule has 2 aliphatic rings. The van der Waals surface area contributed by atoms with Crippen LogP contribution in [-0.4, -0.2) is 38.1 Å². The Kier molecular flexibility index (Phi) is 6.57. The van der Waals surface area contributed by atoms with Crippen LogP contribution in [0.1, 0.15) is 42.3 Å². The molecule has 2 aromatic carbocycles. The van der Waals surface area contributed by atoms with Crippen LogP contribution in [0.5, 0.6) is 11.5 Å². The van der Waals surface area contributed by atoms with Gasteiger partial charge >= 0.3 is 12.8 Å². The summed E-state index contributed by atoms with van der Waals surface area (Å²) in [5.41, 5.74) is 0.892. The molecule has 2 aliphatic heterocycles. The van der Waals surface area contributed by atoms with Crippen LogP contribution in [0.15, 0.2) is 48.5 Å². The lowest BCUT2D eigenvalue weighted by molar-refractivity contribution is -0.153. The number of alkyl halides is 5. The molecule has 1 N–H and O–H groups in total. The summed E-state index contributed by atoms with van der Waals surface area (Å²) in [4.78, 5) is 0. The van der Waals surface area contributed by atoms with E-state index in [0.29, 0.717) is 12.0 Å². The Hall–Kier alpha value is -2.39. The molecule has 0 radical (unpaired) electrons. The van der Waals surface area contributed by atoms with E-state index in [2.05, 4.69) is 10.1 Å². The van der Waals surface area contributed by atoms with Crippen LogP contribution in [0, 0.1) is 0 Å². The number of piperidine rings is 1. The van der Waals surface area contributed by atoms with E-state index in [0.717, 1.165) is 24.9 Å². The first-order valence-electron chi connectivity index (χ1n) is 10.5. The van der Waals surface area contributed by atoms with E-state index in [4.69, 9.17) is 9.47 Å². The lowest BCUT2D eigenvalue weighted by Crippen LogP contribution is -2.48. The van der Waals surface area contributed by atoms with Crippen LogP contribution in [0.25, 0.3) is 0 Å². The van der Waals surface area contributed by atoms with Crippen molar-refractivity contribution in [3.63, 3.8) is 0 Å². The maximum atomic E-state index is 12.7. The zero-order valence-corrected chi connectivity index (χ0v) is 17.2. The topological polar surface area (TPSA) is 39.7 Å². The van der Waals surface area contributed by atoms with Crippen LogP contribution in [0.3, 0.4) is 0 Å². The van der Waals surface area contributed by atoms with Crippen molar-refractivity contribution in [3.05, 3.63) is 59.7 Å². The number of nitrogens with one attached hydrogen (secondary N) is 1. The molecule has 4 nitrogen and oxygen atoms in total. The van der Waals surface area contributed by atoms with Crippen LogP contribution < -0.4 is 14.8 Å². The van der Waals surface area contributed by atoms with E-state index >= 15 is 0 Å². The molecule has 0 bridgehead atoms. The number of hydrogen-bond donors (Lipinski definition) is 1. The van der Waals surface area contributed by atoms with Crippen molar-refractivity contribution >= 4 is 0 Å². The molecule has 9 heteroatoms. The largest absolute Gasteiger partial charge is 0.484 e. The van der Waals surface area contributed by atoms with Gasteiger partial charge in [0.15, 0.2) is 6.61 Å². The number of rotatable bonds is 6. The third-order valence-electron chi connectivity index (χ3n) is 5.99. The average Bonchev–Trinajstić information content (AvgIpc) is 3.16. The first-order valence-corrected chi connectivity index (χ1v) is 10.5. The summed E-state index contributed by atoms with van der Waals surface area (Å²) in [5, 5.41) is 3.51. The van der Waals surface area contributed by atoms with Gasteiger partial charge in [0.25, 0.3) is 0 Å². The predicted molar refractivity (Wildman–Crippen MR) is 107 cm³/mol. The van der Waals surface area contributed by atoms with Gasteiger partial charge in [-0.1, -0.05) is 30.3 Å². The fourth-order valence-corrected chi connectivity index (χ4v) is 4.72. The maximum Gasteiger partial charge on any atom is 0.422 e. The van der Waals surface area contributed by atoms with Crippen molar-refractivity contribution in [3.8, 4) is 11.5 Å². The van der Waals surface area contributed by atoms with Gasteiger partial charge in [-0.05, 0) is 49.6 Å². The van der Waals surface area contributed by atoms with Gasteiger partial charge in [0.1, 0.15) is 11.5 Å². The average molecular weight is 457 g/mol. The summed E-state index contributed by atoms with van der Waals surface area (Å²) in [6.45, 7) is -3.44. The minimum atomic E-state index is -4.52. The van der Waals surface area contributed by atoms with E-state index in [-0.39, 0.29) is 30.1 Å². The van der Waals surface area contributed by atoms with E-state index in [1.807, 2.05) is 30.3 Å². The number of benzene rings is 2. The zero-order valence-electron chi connectivity index (χ0n) is 17.2. The predicted octanol–water partition coefficient (Wildman–Crippen LogP) is 5.60. The quantitative estimate of drug-likeness (QED) is 0.574. The molecule has 174 valence electrons. The standard InChI is InChI=1S/C23H24F5NO3/c24-21(25)32-17-7-8-19(30-14-23(26,27)28)18(11-17)16-12-22(31-13-16)9-4-10-29-20(22)15-5-2-1-3-6-15/h1-3,5-8,11,16,20-21,29H,4,9-10,12-14H2/t16-,20-,22+/m0/s1. The highest BCUT2D eigenvalue weighted by Crippen LogP contribution is 2.50. The van der Waals surface area contributed by atoms with Crippen LogP contribution in [0.2, 0.25) is 0 Å². The fourth-order valence-electron chi connectivity index (χ4n) is 4.72. The molecular formula is C23H24F5NO3. The Morgan fingerprint density at radius 1 is 1.12 bits per heavy atom. The highest BCUT2D eigenvalue weighted by Gasteiger charge is 2.49. The molecule has 0 aliphatic carbocycles. The second kappa shape index (κ2) is 9.23. The molecule has 0 aromatic heterocycles. The summed E-state index contributed by atoms with van der Waals surface area (Å²) >= 11 is 0. The van der Waals surface area contributed by atoms with Crippen molar-refractivity contribution < 1.29 is 36.2 Å². The summed E-state index contributed by atoms with van der Waals surface area (Å²) in [5.74, 6) is -0.461. The Labute approximate surface area is 182 Å². The first-order chi connectivity index (χ1) is 15.3. The molecule has 4 rings (SSSR count). The first kappa shape index (κ1) is 22.8. The number of ether oxygens (including phenoxy) is 3. The van der Waals surface area contributed by atoms with Gasteiger partial charge in [-0.2, -0.15) is 22.0 Å². The fraction of sp³-hybridized carbons (Fsp3) is 0.478. The molecule has 2 heterocycles. The van der Waals surface area contributed by atoms with Gasteiger partial charge in [-0.25, -0.2) is 0 Å². The summed E-state index contributed by atoms with van der Waals surface area (Å²) in [6, 6.07) is 13.5. The van der Waals surface area contributed by atoms with Crippen molar-refractivity contribution in [2.45, 2.75) is 49.6 Å². The molecule has 32 heavy (non-hydrogen) atoms. The molecule has 3 atom stereocenters. The minimum absolute atomic E-state index is 0.00498. The molecular weight excluding hydrogens is 433 g/mol. The summed E-state index contributed by atoms with van der Waals surface area (Å²) in [6.07, 6.45) is -2.33. The normalized spacial score (nSPS) is 25.9. The molecule has 0 saturated carbocycles. The van der Waals surface area contributed by atoms with Gasteiger partial charge in [0.2, 0.25) is 0 Å². The van der Waals surface area contributed by atoms with Crippen molar-refractivity contribution in [1.29, 1.82) is 0 Å².